The monoisotopic (exact) mass is 247 g/mol. The third kappa shape index (κ3) is 3.93. The van der Waals surface area contributed by atoms with Gasteiger partial charge in [0, 0.05) is 12.0 Å². The highest BCUT2D eigenvalue weighted by molar-refractivity contribution is 5.78. The predicted molar refractivity (Wildman–Crippen MR) is 70.8 cm³/mol. The van der Waals surface area contributed by atoms with Crippen molar-refractivity contribution in [2.45, 2.75) is 45.3 Å². The molecule has 0 unspecified atom stereocenters. The van der Waals surface area contributed by atoms with Crippen LogP contribution in [0.15, 0.2) is 30.3 Å². The van der Waals surface area contributed by atoms with E-state index in [2.05, 4.69) is 5.48 Å². The van der Waals surface area contributed by atoms with Crippen LogP contribution in [-0.2, 0) is 16.2 Å². The van der Waals surface area contributed by atoms with Crippen LogP contribution in [0.2, 0.25) is 0 Å². The van der Waals surface area contributed by atoms with Gasteiger partial charge in [0.05, 0.1) is 6.61 Å². The van der Waals surface area contributed by atoms with Crippen LogP contribution in [0.4, 0.5) is 0 Å². The average molecular weight is 247 g/mol. The molecule has 0 aliphatic heterocycles. The van der Waals surface area contributed by atoms with E-state index in [1.807, 2.05) is 30.3 Å². The van der Waals surface area contributed by atoms with Gasteiger partial charge in [-0.2, -0.15) is 5.48 Å². The van der Waals surface area contributed by atoms with Crippen molar-refractivity contribution in [1.82, 2.24) is 5.48 Å². The lowest BCUT2D eigenvalue weighted by molar-refractivity contribution is -0.122. The molecule has 3 nitrogen and oxygen atoms in total. The van der Waals surface area contributed by atoms with Crippen molar-refractivity contribution < 1.29 is 9.63 Å². The quantitative estimate of drug-likeness (QED) is 0.813. The summed E-state index contributed by atoms with van der Waals surface area (Å²) >= 11 is 0. The van der Waals surface area contributed by atoms with Gasteiger partial charge < -0.3 is 0 Å². The van der Waals surface area contributed by atoms with Crippen LogP contribution < -0.4 is 5.48 Å². The first-order valence-corrected chi connectivity index (χ1v) is 6.67. The van der Waals surface area contributed by atoms with Crippen molar-refractivity contribution in [3.8, 4) is 0 Å². The van der Waals surface area contributed by atoms with Crippen molar-refractivity contribution >= 4 is 5.78 Å². The maximum absolute atomic E-state index is 11.3. The van der Waals surface area contributed by atoms with Gasteiger partial charge >= 0.3 is 0 Å². The van der Waals surface area contributed by atoms with Crippen molar-refractivity contribution in [1.29, 1.82) is 0 Å². The zero-order chi connectivity index (χ0) is 12.8. The summed E-state index contributed by atoms with van der Waals surface area (Å²) in [7, 11) is 0. The van der Waals surface area contributed by atoms with Gasteiger partial charge in [-0.1, -0.05) is 30.3 Å². The molecule has 1 aliphatic rings. The lowest BCUT2D eigenvalue weighted by Gasteiger charge is -2.27. The van der Waals surface area contributed by atoms with Crippen LogP contribution in [0.25, 0.3) is 0 Å². The van der Waals surface area contributed by atoms with Crippen molar-refractivity contribution in [2.24, 2.45) is 5.92 Å². The lowest BCUT2D eigenvalue weighted by atomic mass is 9.84. The topological polar surface area (TPSA) is 38.3 Å². The molecule has 0 spiro atoms. The van der Waals surface area contributed by atoms with Gasteiger partial charge in [0.15, 0.2) is 0 Å². The molecule has 0 amide bonds. The Kier molecular flexibility index (Phi) is 4.90. The maximum atomic E-state index is 11.3. The van der Waals surface area contributed by atoms with E-state index < -0.39 is 0 Å². The molecule has 0 bridgehead atoms. The summed E-state index contributed by atoms with van der Waals surface area (Å²) in [6, 6.07) is 10.5. The van der Waals surface area contributed by atoms with Gasteiger partial charge in [-0.25, -0.2) is 0 Å². The third-order valence-electron chi connectivity index (χ3n) is 3.63. The highest BCUT2D eigenvalue weighted by Gasteiger charge is 2.23. The Morgan fingerprint density at radius 1 is 1.22 bits per heavy atom. The second-order valence-electron chi connectivity index (χ2n) is 5.05. The fraction of sp³-hybridized carbons (Fsp3) is 0.533. The highest BCUT2D eigenvalue weighted by atomic mass is 16.6. The van der Waals surface area contributed by atoms with E-state index in [9.17, 15) is 4.79 Å². The van der Waals surface area contributed by atoms with Gasteiger partial charge in [0.25, 0.3) is 0 Å². The molecule has 18 heavy (non-hydrogen) atoms. The van der Waals surface area contributed by atoms with Crippen LogP contribution in [0, 0.1) is 5.92 Å². The van der Waals surface area contributed by atoms with E-state index in [1.165, 1.54) is 5.56 Å². The molecule has 3 heteroatoms. The summed E-state index contributed by atoms with van der Waals surface area (Å²) in [5, 5.41) is 0. The zero-order valence-electron chi connectivity index (χ0n) is 10.9. The Bertz CT molecular complexity index is 369. The number of hydroxylamine groups is 1. The highest BCUT2D eigenvalue weighted by Crippen LogP contribution is 2.24. The Morgan fingerprint density at radius 2 is 1.89 bits per heavy atom. The van der Waals surface area contributed by atoms with E-state index in [0.717, 1.165) is 25.7 Å². The first kappa shape index (κ1) is 13.2. The van der Waals surface area contributed by atoms with Gasteiger partial charge in [-0.05, 0) is 38.2 Å². The summed E-state index contributed by atoms with van der Waals surface area (Å²) in [5.74, 6) is 0.607. The number of carbonyl (C=O) groups excluding carboxylic acids is 1. The molecule has 0 atom stereocenters. The number of carbonyl (C=O) groups is 1. The summed E-state index contributed by atoms with van der Waals surface area (Å²) < 4.78 is 0. The van der Waals surface area contributed by atoms with Gasteiger partial charge in [0.1, 0.15) is 5.78 Å². The second-order valence-corrected chi connectivity index (χ2v) is 5.05. The molecule has 0 radical (unpaired) electrons. The number of ketones is 1. The Balaban J connectivity index is 1.65. The van der Waals surface area contributed by atoms with E-state index in [1.54, 1.807) is 6.92 Å². The zero-order valence-corrected chi connectivity index (χ0v) is 10.9. The minimum Gasteiger partial charge on any atom is -0.300 e. The third-order valence-corrected chi connectivity index (χ3v) is 3.63. The fourth-order valence-electron chi connectivity index (χ4n) is 2.43. The van der Waals surface area contributed by atoms with E-state index in [4.69, 9.17) is 4.84 Å². The van der Waals surface area contributed by atoms with E-state index in [0.29, 0.717) is 18.4 Å². The largest absolute Gasteiger partial charge is 0.300 e. The Hall–Kier alpha value is -1.19. The van der Waals surface area contributed by atoms with Crippen LogP contribution >= 0.6 is 0 Å². The molecule has 2 rings (SSSR count). The van der Waals surface area contributed by atoms with Crippen molar-refractivity contribution in [3.05, 3.63) is 35.9 Å². The number of hydrogen-bond donors (Lipinski definition) is 1. The standard InChI is InChI=1S/C15H21NO2/c1-12(17)14-7-9-15(10-8-14)16-18-11-13-5-3-2-4-6-13/h2-6,14-16H,7-11H2,1H3/t14-,15-. The maximum Gasteiger partial charge on any atom is 0.132 e. The number of rotatable bonds is 5. The molecule has 0 saturated heterocycles. The van der Waals surface area contributed by atoms with Crippen LogP contribution in [-0.4, -0.2) is 11.8 Å². The summed E-state index contributed by atoms with van der Waals surface area (Å²) in [6.45, 7) is 2.29. The molecule has 1 saturated carbocycles. The van der Waals surface area contributed by atoms with Crippen LogP contribution in [0.5, 0.6) is 0 Å². The normalized spacial score (nSPS) is 23.8. The first-order chi connectivity index (χ1) is 8.75. The molecular formula is C15H21NO2. The molecule has 1 fully saturated rings. The summed E-state index contributed by atoms with van der Waals surface area (Å²) in [6.07, 6.45) is 4.03. The molecular weight excluding hydrogens is 226 g/mol. The Labute approximate surface area is 108 Å². The number of hydrogen-bond acceptors (Lipinski definition) is 3. The fourth-order valence-corrected chi connectivity index (χ4v) is 2.43. The number of benzene rings is 1. The van der Waals surface area contributed by atoms with Crippen molar-refractivity contribution in [2.75, 3.05) is 0 Å². The number of Topliss-reactive ketones (excluding diaryl/α,β-unsaturated/α-hetero) is 1. The van der Waals surface area contributed by atoms with Gasteiger partial charge in [0.2, 0.25) is 0 Å². The smallest absolute Gasteiger partial charge is 0.132 e. The molecule has 1 aliphatic carbocycles. The first-order valence-electron chi connectivity index (χ1n) is 6.67. The summed E-state index contributed by atoms with van der Waals surface area (Å²) in [4.78, 5) is 16.8. The molecule has 0 aromatic heterocycles. The SMILES string of the molecule is CC(=O)[C@H]1CC[C@H](NOCc2ccccc2)CC1. The average Bonchev–Trinajstić information content (AvgIpc) is 2.40. The van der Waals surface area contributed by atoms with Gasteiger partial charge in [-0.15, -0.1) is 0 Å². The molecule has 0 heterocycles. The minimum atomic E-state index is 0.275. The van der Waals surface area contributed by atoms with E-state index in [-0.39, 0.29) is 5.92 Å². The Morgan fingerprint density at radius 3 is 2.50 bits per heavy atom. The van der Waals surface area contributed by atoms with Crippen LogP contribution in [0.1, 0.15) is 38.2 Å². The molecule has 1 aromatic carbocycles. The summed E-state index contributed by atoms with van der Waals surface area (Å²) in [5.41, 5.74) is 4.29. The number of nitrogens with one attached hydrogen (secondary N) is 1. The predicted octanol–water partition coefficient (Wildman–Crippen LogP) is 2.86. The second kappa shape index (κ2) is 6.66. The van der Waals surface area contributed by atoms with Crippen molar-refractivity contribution in [3.63, 3.8) is 0 Å². The minimum absolute atomic E-state index is 0.275. The molecule has 1 aromatic rings. The van der Waals surface area contributed by atoms with Crippen LogP contribution in [0.3, 0.4) is 0 Å². The van der Waals surface area contributed by atoms with E-state index >= 15 is 0 Å². The molecule has 1 N–H and O–H groups in total. The lowest BCUT2D eigenvalue weighted by Crippen LogP contribution is -2.34. The van der Waals surface area contributed by atoms with Gasteiger partial charge in [-0.3, -0.25) is 9.63 Å². The molecule has 98 valence electrons.